The number of nitrogens with zero attached hydrogens (tertiary/aromatic N) is 1. The molecule has 1 aliphatic heterocycles. The van der Waals surface area contributed by atoms with Crippen LogP contribution in [0.2, 0.25) is 0 Å². The lowest BCUT2D eigenvalue weighted by Crippen LogP contribution is -2.41. The maximum absolute atomic E-state index is 14.1. The van der Waals surface area contributed by atoms with Crippen LogP contribution in [-0.2, 0) is 4.74 Å². The Balaban J connectivity index is 2.19. The first-order chi connectivity index (χ1) is 10.0. The molecule has 112 valence electrons. The fraction of sp³-hybridized carbons (Fsp3) is 0.438. The second-order valence-corrected chi connectivity index (χ2v) is 5.05. The molecule has 0 aromatic heterocycles. The van der Waals surface area contributed by atoms with Crippen LogP contribution in [0.3, 0.4) is 0 Å². The molecule has 0 spiro atoms. The van der Waals surface area contributed by atoms with Gasteiger partial charge < -0.3 is 15.4 Å². The monoisotopic (exact) mass is 290 g/mol. The van der Waals surface area contributed by atoms with Crippen molar-refractivity contribution < 1.29 is 13.9 Å². The minimum Gasteiger partial charge on any atom is -0.376 e. The van der Waals surface area contributed by atoms with Crippen LogP contribution < -0.4 is 5.73 Å². The Morgan fingerprint density at radius 3 is 2.90 bits per heavy atom. The average molecular weight is 290 g/mol. The van der Waals surface area contributed by atoms with Gasteiger partial charge in [0.15, 0.2) is 0 Å². The number of rotatable bonds is 2. The summed E-state index contributed by atoms with van der Waals surface area (Å²) in [4.78, 5) is 14.0. The Morgan fingerprint density at radius 1 is 1.57 bits per heavy atom. The van der Waals surface area contributed by atoms with E-state index in [4.69, 9.17) is 10.5 Å². The van der Waals surface area contributed by atoms with Gasteiger partial charge in [-0.1, -0.05) is 11.8 Å². The summed E-state index contributed by atoms with van der Waals surface area (Å²) in [7, 11) is 1.68. The van der Waals surface area contributed by atoms with E-state index in [0.717, 1.165) is 6.42 Å². The van der Waals surface area contributed by atoms with E-state index in [1.807, 2.05) is 6.92 Å². The van der Waals surface area contributed by atoms with E-state index in [1.165, 1.54) is 12.1 Å². The zero-order chi connectivity index (χ0) is 15.4. The summed E-state index contributed by atoms with van der Waals surface area (Å²) in [5.74, 6) is 4.49. The van der Waals surface area contributed by atoms with Gasteiger partial charge in [-0.05, 0) is 31.5 Å². The molecular formula is C16H19FN2O2. The molecule has 1 heterocycles. The van der Waals surface area contributed by atoms with Crippen molar-refractivity contribution in [2.24, 2.45) is 5.73 Å². The highest BCUT2D eigenvalue weighted by Gasteiger charge is 2.31. The van der Waals surface area contributed by atoms with Gasteiger partial charge in [-0.15, -0.1) is 0 Å². The van der Waals surface area contributed by atoms with E-state index >= 15 is 0 Å². The Hall–Kier alpha value is -1.90. The SMILES string of the molecule is CC1OCCC1N(C)C(=O)c1ccc(C#CCN)cc1F. The lowest BCUT2D eigenvalue weighted by atomic mass is 10.1. The van der Waals surface area contributed by atoms with Gasteiger partial charge in [0, 0.05) is 19.2 Å². The lowest BCUT2D eigenvalue weighted by molar-refractivity contribution is 0.0571. The number of hydrogen-bond acceptors (Lipinski definition) is 3. The van der Waals surface area contributed by atoms with Gasteiger partial charge in [-0.25, -0.2) is 4.39 Å². The van der Waals surface area contributed by atoms with Crippen molar-refractivity contribution in [3.8, 4) is 11.8 Å². The first kappa shape index (κ1) is 15.5. The lowest BCUT2D eigenvalue weighted by Gasteiger charge is -2.27. The van der Waals surface area contributed by atoms with Gasteiger partial charge in [-0.3, -0.25) is 4.79 Å². The number of nitrogens with two attached hydrogens (primary N) is 1. The summed E-state index contributed by atoms with van der Waals surface area (Å²) < 4.78 is 19.5. The molecule has 0 bridgehead atoms. The second kappa shape index (κ2) is 6.70. The Labute approximate surface area is 124 Å². The number of benzene rings is 1. The molecule has 1 amide bonds. The van der Waals surface area contributed by atoms with Crippen molar-refractivity contribution in [2.75, 3.05) is 20.2 Å². The summed E-state index contributed by atoms with van der Waals surface area (Å²) >= 11 is 0. The van der Waals surface area contributed by atoms with Gasteiger partial charge in [-0.2, -0.15) is 0 Å². The number of amides is 1. The molecule has 1 aliphatic rings. The van der Waals surface area contributed by atoms with E-state index in [2.05, 4.69) is 11.8 Å². The van der Waals surface area contributed by atoms with E-state index in [9.17, 15) is 9.18 Å². The van der Waals surface area contributed by atoms with Gasteiger partial charge >= 0.3 is 0 Å². The number of carbonyl (C=O) groups excluding carboxylic acids is 1. The third-order valence-corrected chi connectivity index (χ3v) is 3.69. The predicted molar refractivity (Wildman–Crippen MR) is 78.2 cm³/mol. The molecule has 2 atom stereocenters. The highest BCUT2D eigenvalue weighted by molar-refractivity contribution is 5.94. The van der Waals surface area contributed by atoms with E-state index < -0.39 is 5.82 Å². The van der Waals surface area contributed by atoms with Crippen molar-refractivity contribution in [1.29, 1.82) is 0 Å². The minimum absolute atomic E-state index is 0.0198. The minimum atomic E-state index is -0.567. The summed E-state index contributed by atoms with van der Waals surface area (Å²) in [5, 5.41) is 0. The average Bonchev–Trinajstić information content (AvgIpc) is 2.90. The van der Waals surface area contributed by atoms with Crippen LogP contribution in [0.15, 0.2) is 18.2 Å². The largest absolute Gasteiger partial charge is 0.376 e. The third-order valence-electron chi connectivity index (χ3n) is 3.69. The molecule has 2 unspecified atom stereocenters. The molecular weight excluding hydrogens is 271 g/mol. The smallest absolute Gasteiger partial charge is 0.256 e. The molecule has 1 aromatic carbocycles. The Kier molecular flexibility index (Phi) is 4.94. The number of hydrogen-bond donors (Lipinski definition) is 1. The van der Waals surface area contributed by atoms with Crippen molar-refractivity contribution in [2.45, 2.75) is 25.5 Å². The summed E-state index contributed by atoms with van der Waals surface area (Å²) in [6, 6.07) is 4.34. The van der Waals surface area contributed by atoms with Crippen molar-refractivity contribution >= 4 is 5.91 Å². The third kappa shape index (κ3) is 3.41. The Bertz CT molecular complexity index is 592. The maximum atomic E-state index is 14.1. The van der Waals surface area contributed by atoms with Gasteiger partial charge in [0.05, 0.1) is 24.3 Å². The highest BCUT2D eigenvalue weighted by Crippen LogP contribution is 2.21. The summed E-state index contributed by atoms with van der Waals surface area (Å²) in [6.45, 7) is 2.76. The molecule has 1 saturated heterocycles. The molecule has 2 rings (SSSR count). The highest BCUT2D eigenvalue weighted by atomic mass is 19.1. The normalized spacial score (nSPS) is 20.8. The van der Waals surface area contributed by atoms with E-state index in [0.29, 0.717) is 12.2 Å². The maximum Gasteiger partial charge on any atom is 0.256 e. The number of carbonyl (C=O) groups is 1. The quantitative estimate of drug-likeness (QED) is 0.837. The second-order valence-electron chi connectivity index (χ2n) is 5.05. The zero-order valence-corrected chi connectivity index (χ0v) is 12.2. The fourth-order valence-electron chi connectivity index (χ4n) is 2.49. The molecule has 1 aromatic rings. The number of likely N-dealkylation sites (N-methyl/N-ethyl adjacent to an activating group) is 1. The zero-order valence-electron chi connectivity index (χ0n) is 12.2. The molecule has 0 aliphatic carbocycles. The predicted octanol–water partition coefficient (Wildman–Crippen LogP) is 1.39. The van der Waals surface area contributed by atoms with Crippen molar-refractivity contribution in [3.63, 3.8) is 0 Å². The summed E-state index contributed by atoms with van der Waals surface area (Å²) in [5.41, 5.74) is 5.83. The van der Waals surface area contributed by atoms with Crippen LogP contribution in [-0.4, -0.2) is 43.2 Å². The van der Waals surface area contributed by atoms with Crippen LogP contribution >= 0.6 is 0 Å². The van der Waals surface area contributed by atoms with Gasteiger partial charge in [0.25, 0.3) is 5.91 Å². The molecule has 2 N–H and O–H groups in total. The molecule has 4 nitrogen and oxygen atoms in total. The van der Waals surface area contributed by atoms with Gasteiger partial charge in [0.1, 0.15) is 5.82 Å². The number of halogens is 1. The first-order valence-corrected chi connectivity index (χ1v) is 6.92. The van der Waals surface area contributed by atoms with Crippen LogP contribution in [0.1, 0.15) is 29.3 Å². The molecule has 21 heavy (non-hydrogen) atoms. The standard InChI is InChI=1S/C16H19FN2O2/c1-11-15(7-9-21-11)19(2)16(20)13-6-5-12(4-3-8-18)10-14(13)17/h5-6,10-11,15H,7-9,18H2,1-2H3. The van der Waals surface area contributed by atoms with E-state index in [1.54, 1.807) is 18.0 Å². The first-order valence-electron chi connectivity index (χ1n) is 6.92. The van der Waals surface area contributed by atoms with Crippen molar-refractivity contribution in [3.05, 3.63) is 35.1 Å². The van der Waals surface area contributed by atoms with Gasteiger partial charge in [0.2, 0.25) is 0 Å². The molecule has 1 fully saturated rings. The van der Waals surface area contributed by atoms with E-state index in [-0.39, 0.29) is 30.2 Å². The van der Waals surface area contributed by atoms with Crippen LogP contribution in [0.4, 0.5) is 4.39 Å². The number of ether oxygens (including phenoxy) is 1. The molecule has 5 heteroatoms. The van der Waals surface area contributed by atoms with Crippen molar-refractivity contribution in [1.82, 2.24) is 4.90 Å². The molecule has 0 saturated carbocycles. The summed E-state index contributed by atoms with van der Waals surface area (Å²) in [6.07, 6.45) is 0.738. The Morgan fingerprint density at radius 2 is 2.33 bits per heavy atom. The van der Waals surface area contributed by atoms with Crippen LogP contribution in [0, 0.1) is 17.7 Å². The van der Waals surface area contributed by atoms with Crippen LogP contribution in [0.25, 0.3) is 0 Å². The fourth-order valence-corrected chi connectivity index (χ4v) is 2.49. The topological polar surface area (TPSA) is 55.6 Å². The molecule has 0 radical (unpaired) electrons. The van der Waals surface area contributed by atoms with Crippen LogP contribution in [0.5, 0.6) is 0 Å².